The number of carboxylic acids is 2. The predicted octanol–water partition coefficient (Wildman–Crippen LogP) is 2.47. The number of furan rings is 1. The molecular weight excluding hydrogens is 360 g/mol. The van der Waals surface area contributed by atoms with Crippen LogP contribution < -0.4 is 0 Å². The molecule has 0 fully saturated rings. The Balaban J connectivity index is 0.000000208. The molecule has 2 bridgehead atoms. The van der Waals surface area contributed by atoms with Gasteiger partial charge in [-0.05, 0) is 49.2 Å². The lowest BCUT2D eigenvalue weighted by Crippen LogP contribution is -2.12. The largest absolute Gasteiger partial charge is 0.475 e. The number of carbonyl (C=O) groups is 4. The molecule has 0 atom stereocenters. The van der Waals surface area contributed by atoms with Crippen LogP contribution in [0.1, 0.15) is 54.7 Å². The molecule has 0 saturated carbocycles. The SMILES string of the molecule is O=C(O)c1ccc(C(=O)O)o1.O=C1OCCCCOC(=O)c2ccc1cc2. The number of hydrogen-bond acceptors (Lipinski definition) is 7. The third-order valence-electron chi connectivity index (χ3n) is 3.39. The van der Waals surface area contributed by atoms with Gasteiger partial charge in [0.25, 0.3) is 0 Å². The first-order valence-electron chi connectivity index (χ1n) is 7.89. The van der Waals surface area contributed by atoms with Gasteiger partial charge in [-0.25, -0.2) is 19.2 Å². The number of aromatic carboxylic acids is 2. The highest BCUT2D eigenvalue weighted by molar-refractivity contribution is 5.93. The Hall–Kier alpha value is -3.62. The Bertz CT molecular complexity index is 765. The smallest absolute Gasteiger partial charge is 0.371 e. The van der Waals surface area contributed by atoms with E-state index in [1.807, 2.05) is 0 Å². The van der Waals surface area contributed by atoms with Crippen molar-refractivity contribution in [2.24, 2.45) is 0 Å². The fraction of sp³-hybridized carbons (Fsp3) is 0.222. The van der Waals surface area contributed by atoms with Crippen LogP contribution in [0.3, 0.4) is 0 Å². The van der Waals surface area contributed by atoms with E-state index in [1.165, 1.54) is 0 Å². The van der Waals surface area contributed by atoms with Crippen LogP contribution >= 0.6 is 0 Å². The minimum atomic E-state index is -1.28. The van der Waals surface area contributed by atoms with E-state index in [-0.39, 0.29) is 23.5 Å². The number of esters is 2. The highest BCUT2D eigenvalue weighted by Crippen LogP contribution is 2.10. The molecule has 0 aliphatic carbocycles. The first kappa shape index (κ1) is 19.7. The van der Waals surface area contributed by atoms with E-state index in [4.69, 9.17) is 19.7 Å². The summed E-state index contributed by atoms with van der Waals surface area (Å²) in [5.41, 5.74) is 0.911. The zero-order valence-corrected chi connectivity index (χ0v) is 14.0. The zero-order chi connectivity index (χ0) is 19.8. The van der Waals surface area contributed by atoms with Gasteiger partial charge in [0.15, 0.2) is 0 Å². The minimum Gasteiger partial charge on any atom is -0.475 e. The van der Waals surface area contributed by atoms with Crippen LogP contribution in [0.25, 0.3) is 0 Å². The molecule has 3 heterocycles. The lowest BCUT2D eigenvalue weighted by Gasteiger charge is -2.09. The van der Waals surface area contributed by atoms with E-state index in [9.17, 15) is 19.2 Å². The van der Waals surface area contributed by atoms with Gasteiger partial charge in [-0.1, -0.05) is 0 Å². The highest BCUT2D eigenvalue weighted by Gasteiger charge is 2.13. The Morgan fingerprint density at radius 1 is 0.704 bits per heavy atom. The van der Waals surface area contributed by atoms with E-state index in [0.717, 1.165) is 12.1 Å². The molecule has 9 heteroatoms. The van der Waals surface area contributed by atoms with Gasteiger partial charge in [-0.15, -0.1) is 0 Å². The van der Waals surface area contributed by atoms with E-state index in [0.29, 0.717) is 37.2 Å². The molecule has 0 saturated heterocycles. The second kappa shape index (κ2) is 9.18. The van der Waals surface area contributed by atoms with Crippen molar-refractivity contribution in [1.29, 1.82) is 0 Å². The molecule has 1 aromatic carbocycles. The summed E-state index contributed by atoms with van der Waals surface area (Å²) in [6, 6.07) is 8.46. The Kier molecular flexibility index (Phi) is 6.70. The normalized spacial score (nSPS) is 13.9. The fourth-order valence-electron chi connectivity index (χ4n) is 2.01. The summed E-state index contributed by atoms with van der Waals surface area (Å²) in [5, 5.41) is 16.6. The van der Waals surface area contributed by atoms with Crippen LogP contribution in [0.5, 0.6) is 0 Å². The molecule has 9 nitrogen and oxygen atoms in total. The third kappa shape index (κ3) is 5.70. The average molecular weight is 376 g/mol. The van der Waals surface area contributed by atoms with Crippen molar-refractivity contribution in [2.75, 3.05) is 13.2 Å². The van der Waals surface area contributed by atoms with Gasteiger partial charge in [-0.3, -0.25) is 0 Å². The summed E-state index contributed by atoms with van der Waals surface area (Å²) in [7, 11) is 0. The van der Waals surface area contributed by atoms with Crippen LogP contribution in [0.15, 0.2) is 40.8 Å². The first-order chi connectivity index (χ1) is 12.9. The molecular formula is C18H16O9. The summed E-state index contributed by atoms with van der Waals surface area (Å²) in [6.45, 7) is 0.719. The number of benzene rings is 1. The van der Waals surface area contributed by atoms with Crippen LogP contribution in [0.2, 0.25) is 0 Å². The first-order valence-corrected chi connectivity index (χ1v) is 7.89. The maximum Gasteiger partial charge on any atom is 0.371 e. The lowest BCUT2D eigenvalue weighted by molar-refractivity contribution is 0.0427. The molecule has 2 N–H and O–H groups in total. The number of carbonyl (C=O) groups excluding carboxylic acids is 2. The van der Waals surface area contributed by atoms with Gasteiger partial charge in [0, 0.05) is 0 Å². The minimum absolute atomic E-state index is 0.347. The van der Waals surface area contributed by atoms with Gasteiger partial charge in [-0.2, -0.15) is 0 Å². The fourth-order valence-corrected chi connectivity index (χ4v) is 2.01. The number of carboxylic acid groups (broad SMARTS) is 2. The second-order valence-electron chi connectivity index (χ2n) is 5.33. The lowest BCUT2D eigenvalue weighted by atomic mass is 10.1. The number of rotatable bonds is 2. The van der Waals surface area contributed by atoms with Crippen molar-refractivity contribution in [3.63, 3.8) is 0 Å². The quantitative estimate of drug-likeness (QED) is 0.756. The molecule has 0 amide bonds. The zero-order valence-electron chi connectivity index (χ0n) is 14.0. The van der Waals surface area contributed by atoms with Gasteiger partial charge in [0.05, 0.1) is 24.3 Å². The average Bonchev–Trinajstić information content (AvgIpc) is 3.15. The maximum atomic E-state index is 11.5. The van der Waals surface area contributed by atoms with Crippen LogP contribution in [0, 0.1) is 0 Å². The van der Waals surface area contributed by atoms with E-state index >= 15 is 0 Å². The summed E-state index contributed by atoms with van der Waals surface area (Å²) in [4.78, 5) is 43.3. The van der Waals surface area contributed by atoms with Crippen molar-refractivity contribution in [1.82, 2.24) is 0 Å². The van der Waals surface area contributed by atoms with Crippen LogP contribution in [0.4, 0.5) is 0 Å². The van der Waals surface area contributed by atoms with Crippen molar-refractivity contribution in [3.05, 3.63) is 59.0 Å². The standard InChI is InChI=1S/C12H12O4.C6H4O5/c13-11-9-3-5-10(6-4-9)12(14)16-8-2-1-7-15-11;7-5(8)3-1-2-4(11-3)6(9)10/h3-6H,1-2,7-8H2;1-2H,(H,7,8)(H,9,10). The molecule has 2 aliphatic heterocycles. The third-order valence-corrected chi connectivity index (χ3v) is 3.39. The summed E-state index contributed by atoms with van der Waals surface area (Å²) >= 11 is 0. The Morgan fingerprint density at radius 2 is 1.07 bits per heavy atom. The van der Waals surface area contributed by atoms with Crippen LogP contribution in [-0.4, -0.2) is 47.3 Å². The molecule has 142 valence electrons. The summed E-state index contributed by atoms with van der Waals surface area (Å²) < 4.78 is 14.5. The van der Waals surface area contributed by atoms with Crippen LogP contribution in [-0.2, 0) is 9.47 Å². The number of hydrogen-bond donors (Lipinski definition) is 2. The van der Waals surface area contributed by atoms with Gasteiger partial charge < -0.3 is 24.1 Å². The second-order valence-corrected chi connectivity index (χ2v) is 5.33. The van der Waals surface area contributed by atoms with E-state index < -0.39 is 11.9 Å². The molecule has 4 rings (SSSR count). The van der Waals surface area contributed by atoms with Crippen molar-refractivity contribution < 1.29 is 43.3 Å². The predicted molar refractivity (Wildman–Crippen MR) is 88.9 cm³/mol. The van der Waals surface area contributed by atoms with Crippen molar-refractivity contribution >= 4 is 23.9 Å². The topological polar surface area (TPSA) is 140 Å². The summed E-state index contributed by atoms with van der Waals surface area (Å²) in [5.74, 6) is -4.00. The number of ether oxygens (including phenoxy) is 2. The Morgan fingerprint density at radius 3 is 1.37 bits per heavy atom. The van der Waals surface area contributed by atoms with Crippen molar-refractivity contribution in [2.45, 2.75) is 12.8 Å². The molecule has 2 aromatic rings. The maximum absolute atomic E-state index is 11.5. The highest BCUT2D eigenvalue weighted by atomic mass is 16.5. The molecule has 0 unspecified atom stereocenters. The molecule has 2 aliphatic rings. The van der Waals surface area contributed by atoms with E-state index in [2.05, 4.69) is 4.42 Å². The Labute approximate surface area is 153 Å². The van der Waals surface area contributed by atoms with Gasteiger partial charge >= 0.3 is 23.9 Å². The number of fused-ring (bicyclic) bond motifs is 9. The van der Waals surface area contributed by atoms with Gasteiger partial charge in [0.1, 0.15) is 0 Å². The molecule has 0 spiro atoms. The van der Waals surface area contributed by atoms with Crippen molar-refractivity contribution in [3.8, 4) is 0 Å². The molecule has 27 heavy (non-hydrogen) atoms. The van der Waals surface area contributed by atoms with Gasteiger partial charge in [0.2, 0.25) is 11.5 Å². The monoisotopic (exact) mass is 376 g/mol. The molecule has 1 aromatic heterocycles. The summed E-state index contributed by atoms with van der Waals surface area (Å²) in [6.07, 6.45) is 1.41. The van der Waals surface area contributed by atoms with E-state index in [1.54, 1.807) is 24.3 Å². The molecule has 0 radical (unpaired) electrons.